The van der Waals surface area contributed by atoms with Crippen LogP contribution in [0.25, 0.3) is 6.08 Å². The van der Waals surface area contributed by atoms with Crippen molar-refractivity contribution in [1.29, 1.82) is 0 Å². The number of carbonyl (C=O) groups excluding carboxylic acids is 1. The smallest absolute Gasteiger partial charge is 0.262 e. The van der Waals surface area contributed by atoms with Gasteiger partial charge in [-0.05, 0) is 61.6 Å². The normalized spacial score (nSPS) is 10.4. The van der Waals surface area contributed by atoms with E-state index in [0.29, 0.717) is 10.8 Å². The number of hydrogen-bond acceptors (Lipinski definition) is 3. The minimum Gasteiger partial charge on any atom is -0.496 e. The Morgan fingerprint density at radius 2 is 1.88 bits per heavy atom. The summed E-state index contributed by atoms with van der Waals surface area (Å²) in [6.07, 6.45) is 3.08. The van der Waals surface area contributed by atoms with Gasteiger partial charge in [-0.3, -0.25) is 15.6 Å². The van der Waals surface area contributed by atoms with Crippen LogP contribution >= 0.6 is 23.8 Å². The molecule has 1 amide bonds. The van der Waals surface area contributed by atoms with Crippen molar-refractivity contribution in [2.24, 2.45) is 0 Å². The van der Waals surface area contributed by atoms with Crippen LogP contribution in [0.3, 0.4) is 0 Å². The fourth-order valence-electron chi connectivity index (χ4n) is 2.01. The number of anilines is 1. The van der Waals surface area contributed by atoms with Gasteiger partial charge in [0.2, 0.25) is 0 Å². The van der Waals surface area contributed by atoms with Crippen LogP contribution < -0.4 is 20.9 Å². The lowest BCUT2D eigenvalue weighted by Gasteiger charge is -2.10. The monoisotopic (exact) mass is 375 g/mol. The van der Waals surface area contributed by atoms with Gasteiger partial charge in [-0.25, -0.2) is 0 Å². The van der Waals surface area contributed by atoms with Crippen LogP contribution in [0.15, 0.2) is 48.5 Å². The second-order valence-corrected chi connectivity index (χ2v) is 6.00. The molecule has 2 aromatic rings. The zero-order chi connectivity index (χ0) is 18.2. The van der Waals surface area contributed by atoms with Crippen LogP contribution in [-0.2, 0) is 4.79 Å². The van der Waals surface area contributed by atoms with Gasteiger partial charge < -0.3 is 10.1 Å². The number of carbonyl (C=O) groups is 1. The Balaban J connectivity index is 1.87. The molecule has 0 atom stereocenters. The first kappa shape index (κ1) is 18.8. The molecule has 0 spiro atoms. The fraction of sp³-hybridized carbons (Fsp3) is 0.111. The van der Waals surface area contributed by atoms with Crippen molar-refractivity contribution in [3.8, 4) is 5.75 Å². The molecule has 0 saturated heterocycles. The third-order valence-electron chi connectivity index (χ3n) is 3.20. The summed E-state index contributed by atoms with van der Waals surface area (Å²) >= 11 is 10.9. The van der Waals surface area contributed by atoms with E-state index in [1.165, 1.54) is 6.08 Å². The van der Waals surface area contributed by atoms with E-state index in [1.807, 2.05) is 25.1 Å². The Kier molecular flexibility index (Phi) is 6.80. The van der Waals surface area contributed by atoms with Gasteiger partial charge >= 0.3 is 0 Å². The minimum atomic E-state index is -0.344. The van der Waals surface area contributed by atoms with Crippen LogP contribution in [0.4, 0.5) is 5.69 Å². The summed E-state index contributed by atoms with van der Waals surface area (Å²) in [6.45, 7) is 1.97. The molecule has 2 aromatic carbocycles. The molecule has 0 aliphatic heterocycles. The number of methoxy groups -OCH3 is 1. The SMILES string of the molecule is COc1ccc(C)cc1/C=C/C(=O)NNC(=S)Nc1ccc(Cl)cc1. The summed E-state index contributed by atoms with van der Waals surface area (Å²) in [5.41, 5.74) is 7.77. The number of aryl methyl sites for hydroxylation is 1. The molecule has 2 rings (SSSR count). The summed E-state index contributed by atoms with van der Waals surface area (Å²) in [5, 5.41) is 3.82. The van der Waals surface area contributed by atoms with Gasteiger partial charge in [-0.2, -0.15) is 0 Å². The number of nitrogens with one attached hydrogen (secondary N) is 3. The molecular formula is C18H18ClN3O2S. The molecule has 3 N–H and O–H groups in total. The number of rotatable bonds is 4. The number of halogens is 1. The Labute approximate surface area is 157 Å². The molecule has 0 fully saturated rings. The first-order valence-electron chi connectivity index (χ1n) is 7.43. The Bertz CT molecular complexity index is 791. The molecule has 0 bridgehead atoms. The molecule has 0 aliphatic rings. The van der Waals surface area contributed by atoms with E-state index >= 15 is 0 Å². The molecule has 7 heteroatoms. The highest BCUT2D eigenvalue weighted by Crippen LogP contribution is 2.20. The first-order valence-corrected chi connectivity index (χ1v) is 8.22. The number of thiocarbonyl (C=S) groups is 1. The van der Waals surface area contributed by atoms with E-state index in [-0.39, 0.29) is 11.0 Å². The maximum atomic E-state index is 11.9. The molecule has 25 heavy (non-hydrogen) atoms. The average Bonchev–Trinajstić information content (AvgIpc) is 2.60. The lowest BCUT2D eigenvalue weighted by Crippen LogP contribution is -2.43. The molecule has 5 nitrogen and oxygen atoms in total. The van der Waals surface area contributed by atoms with Gasteiger partial charge in [0.15, 0.2) is 5.11 Å². The largest absolute Gasteiger partial charge is 0.496 e. The molecule has 0 aromatic heterocycles. The molecular weight excluding hydrogens is 358 g/mol. The van der Waals surface area contributed by atoms with E-state index < -0.39 is 0 Å². The third kappa shape index (κ3) is 6.10. The first-order chi connectivity index (χ1) is 12.0. The van der Waals surface area contributed by atoms with E-state index in [2.05, 4.69) is 16.2 Å². The highest BCUT2D eigenvalue weighted by Gasteiger charge is 2.02. The van der Waals surface area contributed by atoms with Crippen LogP contribution in [0.2, 0.25) is 5.02 Å². The molecule has 0 heterocycles. The summed E-state index contributed by atoms with van der Waals surface area (Å²) in [6, 6.07) is 12.8. The number of hydrazine groups is 1. The molecule has 0 unspecified atom stereocenters. The summed E-state index contributed by atoms with van der Waals surface area (Å²) in [4.78, 5) is 11.9. The number of ether oxygens (including phenoxy) is 1. The third-order valence-corrected chi connectivity index (χ3v) is 3.66. The van der Waals surface area contributed by atoms with E-state index in [0.717, 1.165) is 16.8 Å². The predicted molar refractivity (Wildman–Crippen MR) is 106 cm³/mol. The highest BCUT2D eigenvalue weighted by molar-refractivity contribution is 7.80. The van der Waals surface area contributed by atoms with E-state index in [9.17, 15) is 4.79 Å². The van der Waals surface area contributed by atoms with Crippen LogP contribution in [0.1, 0.15) is 11.1 Å². The van der Waals surface area contributed by atoms with Crippen molar-refractivity contribution in [3.63, 3.8) is 0 Å². The number of amides is 1. The second-order valence-electron chi connectivity index (χ2n) is 5.15. The highest BCUT2D eigenvalue weighted by atomic mass is 35.5. The fourth-order valence-corrected chi connectivity index (χ4v) is 2.30. The van der Waals surface area contributed by atoms with Crippen molar-refractivity contribution >= 4 is 46.6 Å². The zero-order valence-electron chi connectivity index (χ0n) is 13.8. The second kappa shape index (κ2) is 9.05. The van der Waals surface area contributed by atoms with Crippen molar-refractivity contribution in [3.05, 3.63) is 64.7 Å². The van der Waals surface area contributed by atoms with Crippen molar-refractivity contribution in [2.45, 2.75) is 6.92 Å². The maximum absolute atomic E-state index is 11.9. The number of hydrogen-bond donors (Lipinski definition) is 3. The molecule has 0 aliphatic carbocycles. The van der Waals surface area contributed by atoms with Gasteiger partial charge in [0.1, 0.15) is 5.75 Å². The van der Waals surface area contributed by atoms with Crippen molar-refractivity contribution < 1.29 is 9.53 Å². The average molecular weight is 376 g/mol. The van der Waals surface area contributed by atoms with Gasteiger partial charge in [0.25, 0.3) is 5.91 Å². The maximum Gasteiger partial charge on any atom is 0.262 e. The lowest BCUT2D eigenvalue weighted by molar-refractivity contribution is -0.116. The van der Waals surface area contributed by atoms with Gasteiger partial charge in [0, 0.05) is 22.3 Å². The summed E-state index contributed by atoms with van der Waals surface area (Å²) in [5.74, 6) is 0.353. The summed E-state index contributed by atoms with van der Waals surface area (Å²) < 4.78 is 5.27. The topological polar surface area (TPSA) is 62.4 Å². The van der Waals surface area contributed by atoms with Crippen molar-refractivity contribution in [2.75, 3.05) is 12.4 Å². The van der Waals surface area contributed by atoms with Crippen LogP contribution in [0.5, 0.6) is 5.75 Å². The lowest BCUT2D eigenvalue weighted by atomic mass is 10.1. The van der Waals surface area contributed by atoms with Gasteiger partial charge in [-0.15, -0.1) is 0 Å². The Hall–Kier alpha value is -2.57. The van der Waals surface area contributed by atoms with Gasteiger partial charge in [-0.1, -0.05) is 23.2 Å². The predicted octanol–water partition coefficient (Wildman–Crippen LogP) is 3.69. The van der Waals surface area contributed by atoms with E-state index in [4.69, 9.17) is 28.6 Å². The van der Waals surface area contributed by atoms with Crippen molar-refractivity contribution in [1.82, 2.24) is 10.9 Å². The van der Waals surface area contributed by atoms with Crippen LogP contribution in [-0.4, -0.2) is 18.1 Å². The van der Waals surface area contributed by atoms with Gasteiger partial charge in [0.05, 0.1) is 7.11 Å². The molecule has 0 saturated carbocycles. The zero-order valence-corrected chi connectivity index (χ0v) is 15.4. The molecule has 0 radical (unpaired) electrons. The standard InChI is InChI=1S/C18H18ClN3O2S/c1-12-3-9-16(24-2)13(11-12)4-10-17(23)21-22-18(25)20-15-7-5-14(19)6-8-15/h3-11H,1-2H3,(H,21,23)(H2,20,22,25)/b10-4+. The summed E-state index contributed by atoms with van der Waals surface area (Å²) in [7, 11) is 1.59. The molecule has 130 valence electrons. The quantitative estimate of drug-likeness (QED) is 0.432. The van der Waals surface area contributed by atoms with Crippen LogP contribution in [0, 0.1) is 6.92 Å². The van der Waals surface area contributed by atoms with E-state index in [1.54, 1.807) is 37.5 Å². The Morgan fingerprint density at radius 3 is 2.56 bits per heavy atom. The Morgan fingerprint density at radius 1 is 1.16 bits per heavy atom. The number of benzene rings is 2. The minimum absolute atomic E-state index is 0.261.